The zero-order valence-corrected chi connectivity index (χ0v) is 9.62. The minimum atomic E-state index is -4.33. The van der Waals surface area contributed by atoms with E-state index in [2.05, 4.69) is 0 Å². The fourth-order valence-electron chi connectivity index (χ4n) is 2.45. The van der Waals surface area contributed by atoms with Crippen LogP contribution in [0.5, 0.6) is 0 Å². The normalized spacial score (nSPS) is 12.4. The maximum absolute atomic E-state index is 13.0. The van der Waals surface area contributed by atoms with Crippen LogP contribution in [0.2, 0.25) is 0 Å². The van der Waals surface area contributed by atoms with Crippen molar-refractivity contribution >= 4 is 21.8 Å². The highest BCUT2D eigenvalue weighted by Gasteiger charge is 2.33. The van der Waals surface area contributed by atoms with Gasteiger partial charge in [0, 0.05) is 28.9 Å². The van der Waals surface area contributed by atoms with Crippen LogP contribution in [0.25, 0.3) is 21.8 Å². The number of fused-ring (bicyclic) bond motifs is 3. The van der Waals surface area contributed by atoms with Crippen molar-refractivity contribution in [3.8, 4) is 0 Å². The molecule has 0 radical (unpaired) electrons. The lowest BCUT2D eigenvalue weighted by Gasteiger charge is -2.08. The molecule has 2 aromatic carbocycles. The van der Waals surface area contributed by atoms with Gasteiger partial charge in [0.25, 0.3) is 0 Å². The first-order valence-electron chi connectivity index (χ1n) is 5.53. The third-order valence-electron chi connectivity index (χ3n) is 3.24. The van der Waals surface area contributed by atoms with Gasteiger partial charge in [-0.05, 0) is 18.2 Å². The lowest BCUT2D eigenvalue weighted by atomic mass is 10.1. The van der Waals surface area contributed by atoms with Crippen LogP contribution in [0.1, 0.15) is 5.56 Å². The highest BCUT2D eigenvalue weighted by Crippen LogP contribution is 2.39. The van der Waals surface area contributed by atoms with Gasteiger partial charge in [0.1, 0.15) is 0 Å². The number of hydrogen-bond donors (Lipinski definition) is 0. The molecule has 0 atom stereocenters. The number of aromatic nitrogens is 1. The van der Waals surface area contributed by atoms with Gasteiger partial charge in [-0.1, -0.05) is 24.3 Å². The van der Waals surface area contributed by atoms with Crippen LogP contribution in [-0.4, -0.2) is 4.57 Å². The summed E-state index contributed by atoms with van der Waals surface area (Å²) < 4.78 is 40.9. The van der Waals surface area contributed by atoms with Crippen LogP contribution in [0.3, 0.4) is 0 Å². The number of aryl methyl sites for hydroxylation is 1. The first kappa shape index (κ1) is 11.1. The van der Waals surface area contributed by atoms with Crippen molar-refractivity contribution in [2.75, 3.05) is 0 Å². The second-order valence-corrected chi connectivity index (χ2v) is 4.27. The predicted octanol–water partition coefficient (Wildman–Crippen LogP) is 4.35. The van der Waals surface area contributed by atoms with Crippen LogP contribution in [0.4, 0.5) is 13.2 Å². The topological polar surface area (TPSA) is 4.93 Å². The zero-order chi connectivity index (χ0) is 12.9. The molecule has 0 aliphatic heterocycles. The monoisotopic (exact) mass is 249 g/mol. The molecule has 0 saturated heterocycles. The molecule has 1 heterocycles. The Bertz CT molecular complexity index is 738. The summed E-state index contributed by atoms with van der Waals surface area (Å²) in [6.07, 6.45) is -4.33. The van der Waals surface area contributed by atoms with Gasteiger partial charge >= 0.3 is 6.18 Å². The van der Waals surface area contributed by atoms with Gasteiger partial charge in [-0.2, -0.15) is 13.2 Å². The van der Waals surface area contributed by atoms with Crippen LogP contribution in [0.15, 0.2) is 42.5 Å². The van der Waals surface area contributed by atoms with E-state index in [1.54, 1.807) is 29.8 Å². The molecule has 3 rings (SSSR count). The Hall–Kier alpha value is -1.97. The summed E-state index contributed by atoms with van der Waals surface area (Å²) in [5, 5.41) is 0.922. The molecule has 1 nitrogen and oxygen atoms in total. The maximum atomic E-state index is 13.0. The number of benzene rings is 2. The molecule has 18 heavy (non-hydrogen) atoms. The number of halogens is 3. The molecule has 0 N–H and O–H groups in total. The Morgan fingerprint density at radius 2 is 1.56 bits per heavy atom. The predicted molar refractivity (Wildman–Crippen MR) is 65.4 cm³/mol. The molecular formula is C14H10F3N. The third-order valence-corrected chi connectivity index (χ3v) is 3.24. The van der Waals surface area contributed by atoms with Gasteiger partial charge in [0.15, 0.2) is 0 Å². The molecule has 0 spiro atoms. The molecule has 4 heteroatoms. The number of alkyl halides is 3. The largest absolute Gasteiger partial charge is 0.417 e. The van der Waals surface area contributed by atoms with Crippen molar-refractivity contribution in [3.05, 3.63) is 48.0 Å². The van der Waals surface area contributed by atoms with Crippen molar-refractivity contribution in [1.29, 1.82) is 0 Å². The smallest absolute Gasteiger partial charge is 0.344 e. The number of nitrogens with zero attached hydrogens (tertiary/aromatic N) is 1. The van der Waals surface area contributed by atoms with Gasteiger partial charge in [-0.3, -0.25) is 0 Å². The third kappa shape index (κ3) is 1.41. The second-order valence-electron chi connectivity index (χ2n) is 4.27. The summed E-state index contributed by atoms with van der Waals surface area (Å²) in [7, 11) is 1.78. The van der Waals surface area contributed by atoms with E-state index >= 15 is 0 Å². The van der Waals surface area contributed by atoms with Gasteiger partial charge in [-0.15, -0.1) is 0 Å². The average Bonchev–Trinajstić information content (AvgIpc) is 2.63. The van der Waals surface area contributed by atoms with Gasteiger partial charge in [0.2, 0.25) is 0 Å². The van der Waals surface area contributed by atoms with E-state index in [9.17, 15) is 13.2 Å². The molecule has 92 valence electrons. The summed E-state index contributed by atoms with van der Waals surface area (Å²) in [5.74, 6) is 0. The Kier molecular flexibility index (Phi) is 2.17. The van der Waals surface area contributed by atoms with E-state index in [0.717, 1.165) is 11.6 Å². The fourth-order valence-corrected chi connectivity index (χ4v) is 2.45. The maximum Gasteiger partial charge on any atom is 0.417 e. The van der Waals surface area contributed by atoms with E-state index in [1.165, 1.54) is 6.07 Å². The number of rotatable bonds is 0. The van der Waals surface area contributed by atoms with Crippen LogP contribution in [-0.2, 0) is 13.2 Å². The van der Waals surface area contributed by atoms with Crippen molar-refractivity contribution in [3.63, 3.8) is 0 Å². The van der Waals surface area contributed by atoms with Gasteiger partial charge < -0.3 is 4.57 Å². The fraction of sp³-hybridized carbons (Fsp3) is 0.143. The van der Waals surface area contributed by atoms with Crippen molar-refractivity contribution in [2.24, 2.45) is 7.05 Å². The van der Waals surface area contributed by atoms with Crippen LogP contribution >= 0.6 is 0 Å². The first-order chi connectivity index (χ1) is 8.50. The molecular weight excluding hydrogens is 239 g/mol. The van der Waals surface area contributed by atoms with Crippen molar-refractivity contribution in [1.82, 2.24) is 4.57 Å². The molecule has 0 aliphatic carbocycles. The standard InChI is InChI=1S/C14H10F3N/c1-18-11-7-3-2-5-9(11)13-10(14(15,16)17)6-4-8-12(13)18/h2-8H,1H3. The number of para-hydroxylation sites is 1. The SMILES string of the molecule is Cn1c2ccccc2c2c(C(F)(F)F)cccc21. The minimum absolute atomic E-state index is 0.281. The summed E-state index contributed by atoms with van der Waals surface area (Å²) in [5.41, 5.74) is 0.840. The second kappa shape index (κ2) is 3.51. The molecule has 0 amide bonds. The molecule has 0 saturated carbocycles. The molecule has 0 unspecified atom stereocenters. The molecule has 0 aliphatic rings. The Balaban J connectivity index is 2.58. The highest BCUT2D eigenvalue weighted by molar-refractivity contribution is 6.09. The summed E-state index contributed by atoms with van der Waals surface area (Å²) in [6, 6.07) is 11.4. The average molecular weight is 249 g/mol. The summed E-state index contributed by atoms with van der Waals surface area (Å²) in [4.78, 5) is 0. The molecule has 3 aromatic rings. The van der Waals surface area contributed by atoms with E-state index in [4.69, 9.17) is 0 Å². The van der Waals surface area contributed by atoms with Crippen molar-refractivity contribution < 1.29 is 13.2 Å². The van der Waals surface area contributed by atoms with Crippen LogP contribution < -0.4 is 0 Å². The van der Waals surface area contributed by atoms with Gasteiger partial charge in [-0.25, -0.2) is 0 Å². The Morgan fingerprint density at radius 3 is 2.28 bits per heavy atom. The Morgan fingerprint density at radius 1 is 0.889 bits per heavy atom. The van der Waals surface area contributed by atoms with Crippen LogP contribution in [0, 0.1) is 0 Å². The summed E-state index contributed by atoms with van der Waals surface area (Å²) >= 11 is 0. The molecule has 1 aromatic heterocycles. The first-order valence-corrected chi connectivity index (χ1v) is 5.53. The van der Waals surface area contributed by atoms with E-state index in [1.807, 2.05) is 12.1 Å². The quantitative estimate of drug-likeness (QED) is 0.558. The van der Waals surface area contributed by atoms with Crippen molar-refractivity contribution in [2.45, 2.75) is 6.18 Å². The minimum Gasteiger partial charge on any atom is -0.344 e. The lowest BCUT2D eigenvalue weighted by Crippen LogP contribution is -2.05. The van der Waals surface area contributed by atoms with E-state index in [0.29, 0.717) is 10.9 Å². The Labute approximate surface area is 101 Å². The van der Waals surface area contributed by atoms with Gasteiger partial charge in [0.05, 0.1) is 5.56 Å². The lowest BCUT2D eigenvalue weighted by molar-refractivity contribution is -0.136. The molecule has 0 bridgehead atoms. The summed E-state index contributed by atoms with van der Waals surface area (Å²) in [6.45, 7) is 0. The number of hydrogen-bond acceptors (Lipinski definition) is 0. The zero-order valence-electron chi connectivity index (χ0n) is 9.62. The molecule has 0 fully saturated rings. The van der Waals surface area contributed by atoms with E-state index < -0.39 is 11.7 Å². The highest BCUT2D eigenvalue weighted by atomic mass is 19.4. The van der Waals surface area contributed by atoms with E-state index in [-0.39, 0.29) is 5.39 Å².